The van der Waals surface area contributed by atoms with Crippen molar-refractivity contribution in [2.45, 2.75) is 12.8 Å². The predicted molar refractivity (Wildman–Crippen MR) is 79.2 cm³/mol. The molecule has 0 N–H and O–H groups in total. The predicted octanol–water partition coefficient (Wildman–Crippen LogP) is 3.47. The highest BCUT2D eigenvalue weighted by molar-refractivity contribution is 9.09. The van der Waals surface area contributed by atoms with Gasteiger partial charge >= 0.3 is 0 Å². The average molecular weight is 370 g/mol. The lowest BCUT2D eigenvalue weighted by Gasteiger charge is -2.20. The Hall–Kier alpha value is -0.130. The van der Waals surface area contributed by atoms with Gasteiger partial charge in [-0.25, -0.2) is 12.8 Å². The van der Waals surface area contributed by atoms with E-state index in [9.17, 15) is 12.8 Å². The number of alkyl halides is 1. The zero-order valence-corrected chi connectivity index (χ0v) is 13.4. The van der Waals surface area contributed by atoms with E-state index in [1.807, 2.05) is 0 Å². The van der Waals surface area contributed by atoms with E-state index in [1.165, 1.54) is 6.07 Å². The van der Waals surface area contributed by atoms with E-state index < -0.39 is 15.7 Å². The van der Waals surface area contributed by atoms with Gasteiger partial charge in [-0.05, 0) is 36.3 Å². The fraction of sp³-hybridized carbons (Fsp3) is 0.538. The highest BCUT2D eigenvalue weighted by Gasteiger charge is 2.33. The maximum absolute atomic E-state index is 13.9. The Kier molecular flexibility index (Phi) is 4.90. The van der Waals surface area contributed by atoms with Gasteiger partial charge in [0.05, 0.1) is 16.5 Å². The molecular formula is C13H15BrClFO2S. The third-order valence-electron chi connectivity index (χ3n) is 3.65. The molecule has 2 unspecified atom stereocenters. The Morgan fingerprint density at radius 3 is 2.79 bits per heavy atom. The number of benzene rings is 1. The maximum Gasteiger partial charge on any atom is 0.150 e. The molecule has 2 atom stereocenters. The maximum atomic E-state index is 13.9. The first-order chi connectivity index (χ1) is 8.93. The molecule has 1 aliphatic rings. The van der Waals surface area contributed by atoms with E-state index in [1.54, 1.807) is 12.1 Å². The van der Waals surface area contributed by atoms with E-state index in [-0.39, 0.29) is 28.4 Å². The Bertz CT molecular complexity index is 562. The first-order valence-corrected chi connectivity index (χ1v) is 9.44. The zero-order chi connectivity index (χ0) is 14.0. The zero-order valence-electron chi connectivity index (χ0n) is 10.3. The second-order valence-electron chi connectivity index (χ2n) is 4.99. The summed E-state index contributed by atoms with van der Waals surface area (Å²) in [4.78, 5) is 0. The van der Waals surface area contributed by atoms with Gasteiger partial charge in [-0.15, -0.1) is 0 Å². The second-order valence-corrected chi connectivity index (χ2v) is 8.28. The quantitative estimate of drug-likeness (QED) is 0.762. The van der Waals surface area contributed by atoms with Crippen LogP contribution in [0.15, 0.2) is 18.2 Å². The largest absolute Gasteiger partial charge is 0.229 e. The molecule has 0 bridgehead atoms. The van der Waals surface area contributed by atoms with E-state index in [2.05, 4.69) is 15.9 Å². The van der Waals surface area contributed by atoms with Crippen LogP contribution < -0.4 is 0 Å². The van der Waals surface area contributed by atoms with Crippen LogP contribution in [-0.4, -0.2) is 25.3 Å². The summed E-state index contributed by atoms with van der Waals surface area (Å²) in [7, 11) is -2.90. The molecule has 19 heavy (non-hydrogen) atoms. The van der Waals surface area contributed by atoms with Crippen molar-refractivity contribution in [3.63, 3.8) is 0 Å². The number of hydrogen-bond acceptors (Lipinski definition) is 2. The van der Waals surface area contributed by atoms with Crippen LogP contribution in [0.25, 0.3) is 0 Å². The molecule has 0 aromatic heterocycles. The summed E-state index contributed by atoms with van der Waals surface area (Å²) in [6, 6.07) is 4.95. The summed E-state index contributed by atoms with van der Waals surface area (Å²) in [5.41, 5.74) is 0.557. The van der Waals surface area contributed by atoms with Crippen LogP contribution in [0.5, 0.6) is 0 Å². The van der Waals surface area contributed by atoms with Gasteiger partial charge in [-0.1, -0.05) is 39.7 Å². The molecule has 2 nitrogen and oxygen atoms in total. The van der Waals surface area contributed by atoms with Crippen molar-refractivity contribution in [3.8, 4) is 0 Å². The van der Waals surface area contributed by atoms with E-state index in [4.69, 9.17) is 11.6 Å². The molecule has 0 aliphatic carbocycles. The molecule has 0 saturated carbocycles. The minimum absolute atomic E-state index is 0.0998. The highest BCUT2D eigenvalue weighted by atomic mass is 79.9. The summed E-state index contributed by atoms with van der Waals surface area (Å²) >= 11 is 9.18. The van der Waals surface area contributed by atoms with Gasteiger partial charge in [0.2, 0.25) is 0 Å². The summed E-state index contributed by atoms with van der Waals surface area (Å²) < 4.78 is 36.9. The summed E-state index contributed by atoms with van der Waals surface area (Å²) in [6.45, 7) is 0. The van der Waals surface area contributed by atoms with Crippen LogP contribution >= 0.6 is 27.5 Å². The van der Waals surface area contributed by atoms with Crippen LogP contribution in [0.1, 0.15) is 12.0 Å². The SMILES string of the molecule is O=S1(=O)CCC(C(CBr)Cc2cccc(Cl)c2F)C1. The minimum Gasteiger partial charge on any atom is -0.229 e. The van der Waals surface area contributed by atoms with Crippen LogP contribution in [-0.2, 0) is 16.3 Å². The van der Waals surface area contributed by atoms with Crippen LogP contribution in [0.3, 0.4) is 0 Å². The molecular weight excluding hydrogens is 355 g/mol. The van der Waals surface area contributed by atoms with Crippen molar-refractivity contribution in [1.29, 1.82) is 0 Å². The van der Waals surface area contributed by atoms with Crippen molar-refractivity contribution in [2.75, 3.05) is 16.8 Å². The normalized spacial score (nSPS) is 23.4. The summed E-state index contributed by atoms with van der Waals surface area (Å²) in [5, 5.41) is 0.781. The molecule has 1 fully saturated rings. The molecule has 1 aromatic carbocycles. The second kappa shape index (κ2) is 6.10. The van der Waals surface area contributed by atoms with Gasteiger partial charge < -0.3 is 0 Å². The number of hydrogen-bond donors (Lipinski definition) is 0. The van der Waals surface area contributed by atoms with E-state index in [0.29, 0.717) is 23.7 Å². The smallest absolute Gasteiger partial charge is 0.150 e. The lowest BCUT2D eigenvalue weighted by molar-refractivity contribution is 0.396. The molecule has 1 aliphatic heterocycles. The molecule has 0 radical (unpaired) electrons. The van der Waals surface area contributed by atoms with Crippen molar-refractivity contribution in [3.05, 3.63) is 34.6 Å². The molecule has 106 valence electrons. The standard InChI is InChI=1S/C13H15BrClFO2S/c14-7-11(10-4-5-19(17,18)8-10)6-9-2-1-3-12(15)13(9)16/h1-3,10-11H,4-8H2. The molecule has 1 saturated heterocycles. The van der Waals surface area contributed by atoms with Crippen molar-refractivity contribution in [2.24, 2.45) is 11.8 Å². The van der Waals surface area contributed by atoms with Crippen molar-refractivity contribution < 1.29 is 12.8 Å². The molecule has 6 heteroatoms. The Morgan fingerprint density at radius 1 is 1.47 bits per heavy atom. The third-order valence-corrected chi connectivity index (χ3v) is 6.56. The number of rotatable bonds is 4. The number of halogens is 3. The number of sulfone groups is 1. The molecule has 1 heterocycles. The van der Waals surface area contributed by atoms with Gasteiger partial charge in [0.1, 0.15) is 5.82 Å². The Labute approximate surface area is 126 Å². The monoisotopic (exact) mass is 368 g/mol. The summed E-state index contributed by atoms with van der Waals surface area (Å²) in [6.07, 6.45) is 1.18. The average Bonchev–Trinajstić information content (AvgIpc) is 2.71. The molecule has 2 rings (SSSR count). The first-order valence-electron chi connectivity index (χ1n) is 6.12. The fourth-order valence-corrected chi connectivity index (χ4v) is 5.40. The van der Waals surface area contributed by atoms with Crippen LogP contribution in [0, 0.1) is 17.7 Å². The van der Waals surface area contributed by atoms with E-state index in [0.717, 1.165) is 0 Å². The fourth-order valence-electron chi connectivity index (χ4n) is 2.53. The van der Waals surface area contributed by atoms with E-state index >= 15 is 0 Å². The van der Waals surface area contributed by atoms with Gasteiger partial charge in [-0.2, -0.15) is 0 Å². The van der Waals surface area contributed by atoms with Crippen LogP contribution in [0.2, 0.25) is 5.02 Å². The molecule has 0 amide bonds. The lowest BCUT2D eigenvalue weighted by atomic mass is 9.88. The highest BCUT2D eigenvalue weighted by Crippen LogP contribution is 2.31. The van der Waals surface area contributed by atoms with Gasteiger partial charge in [0.15, 0.2) is 9.84 Å². The van der Waals surface area contributed by atoms with Gasteiger partial charge in [-0.3, -0.25) is 0 Å². The molecule has 0 spiro atoms. The topological polar surface area (TPSA) is 34.1 Å². The van der Waals surface area contributed by atoms with Gasteiger partial charge in [0, 0.05) is 5.33 Å². The van der Waals surface area contributed by atoms with Crippen LogP contribution in [0.4, 0.5) is 4.39 Å². The summed E-state index contributed by atoms with van der Waals surface area (Å²) in [5.74, 6) is 0.286. The lowest BCUT2D eigenvalue weighted by Crippen LogP contribution is -2.20. The van der Waals surface area contributed by atoms with Crippen molar-refractivity contribution in [1.82, 2.24) is 0 Å². The Balaban J connectivity index is 2.14. The first kappa shape index (κ1) is 15.3. The third kappa shape index (κ3) is 3.70. The van der Waals surface area contributed by atoms with Crippen molar-refractivity contribution >= 4 is 37.4 Å². The molecule has 1 aromatic rings. The minimum atomic E-state index is -2.90. The Morgan fingerprint density at radius 2 is 2.21 bits per heavy atom. The van der Waals surface area contributed by atoms with Gasteiger partial charge in [0.25, 0.3) is 0 Å².